The molecule has 0 aliphatic heterocycles. The summed E-state index contributed by atoms with van der Waals surface area (Å²) in [5.74, 6) is 0.534. The second-order valence-electron chi connectivity index (χ2n) is 3.83. The Balaban J connectivity index is 2.21. The minimum absolute atomic E-state index is 0.0665. The summed E-state index contributed by atoms with van der Waals surface area (Å²) in [4.78, 5) is 11.3. The van der Waals surface area contributed by atoms with Gasteiger partial charge in [-0.3, -0.25) is 4.79 Å². The van der Waals surface area contributed by atoms with E-state index in [1.165, 1.54) is 0 Å². The molecule has 0 N–H and O–H groups in total. The van der Waals surface area contributed by atoms with Crippen LogP contribution in [0.5, 0.6) is 5.75 Å². The summed E-state index contributed by atoms with van der Waals surface area (Å²) in [7, 11) is -3.06. The summed E-state index contributed by atoms with van der Waals surface area (Å²) in [5.41, 5.74) is 0. The molecule has 0 radical (unpaired) electrons. The van der Waals surface area contributed by atoms with Gasteiger partial charge in [0.15, 0.2) is 0 Å². The number of carbonyl (C=O) groups is 1. The third kappa shape index (κ3) is 6.73. The molecule has 0 aliphatic rings. The molecule has 0 saturated heterocycles. The smallest absolute Gasteiger partial charge is 0.147 e. The molecular weight excluding hydrogens is 240 g/mol. The average Bonchev–Trinajstić information content (AvgIpc) is 2.27. The zero-order chi connectivity index (χ0) is 12.7. The van der Waals surface area contributed by atoms with Gasteiger partial charge < -0.3 is 4.74 Å². The van der Waals surface area contributed by atoms with Crippen molar-refractivity contribution in [3.63, 3.8) is 0 Å². The number of para-hydroxylation sites is 1. The van der Waals surface area contributed by atoms with E-state index in [1.807, 2.05) is 18.2 Å². The van der Waals surface area contributed by atoms with Gasteiger partial charge >= 0.3 is 0 Å². The Labute approximate surface area is 102 Å². The lowest BCUT2D eigenvalue weighted by atomic mass is 10.2. The van der Waals surface area contributed by atoms with Crippen LogP contribution in [-0.2, 0) is 14.6 Å². The van der Waals surface area contributed by atoms with Crippen LogP contribution in [0.4, 0.5) is 0 Å². The number of hydrogen-bond acceptors (Lipinski definition) is 4. The van der Waals surface area contributed by atoms with Gasteiger partial charge in [0.2, 0.25) is 0 Å². The Kier molecular flexibility index (Phi) is 5.15. The second-order valence-corrected chi connectivity index (χ2v) is 6.09. The van der Waals surface area contributed by atoms with Crippen molar-refractivity contribution in [3.8, 4) is 5.75 Å². The van der Waals surface area contributed by atoms with Crippen LogP contribution in [-0.4, -0.2) is 32.8 Å². The van der Waals surface area contributed by atoms with Crippen LogP contribution >= 0.6 is 0 Å². The first kappa shape index (κ1) is 13.7. The highest BCUT2D eigenvalue weighted by Gasteiger charge is 2.08. The van der Waals surface area contributed by atoms with Gasteiger partial charge in [-0.15, -0.1) is 0 Å². The quantitative estimate of drug-likeness (QED) is 0.741. The molecule has 1 aromatic carbocycles. The number of sulfone groups is 1. The zero-order valence-electron chi connectivity index (χ0n) is 9.76. The monoisotopic (exact) mass is 256 g/mol. The number of hydrogen-bond donors (Lipinski definition) is 0. The summed E-state index contributed by atoms with van der Waals surface area (Å²) >= 11 is 0. The van der Waals surface area contributed by atoms with Gasteiger partial charge in [0, 0.05) is 19.1 Å². The van der Waals surface area contributed by atoms with Crippen LogP contribution in [0.25, 0.3) is 0 Å². The van der Waals surface area contributed by atoms with Crippen LogP contribution in [0.2, 0.25) is 0 Å². The molecule has 0 saturated carbocycles. The number of benzene rings is 1. The Morgan fingerprint density at radius 3 is 2.41 bits per heavy atom. The summed E-state index contributed by atoms with van der Waals surface area (Å²) in [6.07, 6.45) is 1.43. The van der Waals surface area contributed by atoms with Crippen molar-refractivity contribution in [2.75, 3.05) is 18.6 Å². The van der Waals surface area contributed by atoms with Crippen molar-refractivity contribution in [1.29, 1.82) is 0 Å². The lowest BCUT2D eigenvalue weighted by Crippen LogP contribution is -2.12. The van der Waals surface area contributed by atoms with Crippen molar-refractivity contribution in [3.05, 3.63) is 30.3 Å². The molecule has 17 heavy (non-hydrogen) atoms. The SMILES string of the molecule is CS(=O)(=O)CCC(=O)CCOc1ccccc1. The molecule has 1 rings (SSSR count). The molecule has 0 atom stereocenters. The molecule has 0 heterocycles. The highest BCUT2D eigenvalue weighted by molar-refractivity contribution is 7.90. The molecule has 0 amide bonds. The number of ether oxygens (including phenoxy) is 1. The lowest BCUT2D eigenvalue weighted by molar-refractivity contribution is -0.119. The van der Waals surface area contributed by atoms with Crippen LogP contribution in [0.3, 0.4) is 0 Å². The molecule has 94 valence electrons. The number of ketones is 1. The first-order valence-corrected chi connectivity index (χ1v) is 7.41. The Morgan fingerprint density at radius 2 is 1.82 bits per heavy atom. The van der Waals surface area contributed by atoms with E-state index in [0.717, 1.165) is 6.26 Å². The number of carbonyl (C=O) groups excluding carboxylic acids is 1. The maximum Gasteiger partial charge on any atom is 0.147 e. The minimum atomic E-state index is -3.06. The second kappa shape index (κ2) is 6.39. The van der Waals surface area contributed by atoms with Crippen LogP contribution in [0.1, 0.15) is 12.8 Å². The summed E-state index contributed by atoms with van der Waals surface area (Å²) < 4.78 is 27.0. The van der Waals surface area contributed by atoms with Crippen molar-refractivity contribution < 1.29 is 17.9 Å². The first-order valence-electron chi connectivity index (χ1n) is 5.34. The molecule has 4 nitrogen and oxygen atoms in total. The molecule has 0 aromatic heterocycles. The Morgan fingerprint density at radius 1 is 1.18 bits per heavy atom. The van der Waals surface area contributed by atoms with Crippen LogP contribution < -0.4 is 4.74 Å². The van der Waals surface area contributed by atoms with Gasteiger partial charge in [0.05, 0.1) is 12.4 Å². The molecule has 0 fully saturated rings. The van der Waals surface area contributed by atoms with Crippen LogP contribution in [0, 0.1) is 0 Å². The first-order chi connectivity index (χ1) is 7.97. The standard InChI is InChI=1S/C12H16O4S/c1-17(14,15)10-8-11(13)7-9-16-12-5-3-2-4-6-12/h2-6H,7-10H2,1H3. The summed E-state index contributed by atoms with van der Waals surface area (Å²) in [6.45, 7) is 0.284. The maximum absolute atomic E-state index is 11.3. The fourth-order valence-electron chi connectivity index (χ4n) is 1.22. The highest BCUT2D eigenvalue weighted by atomic mass is 32.2. The molecule has 0 unspecified atom stereocenters. The van der Waals surface area contributed by atoms with E-state index >= 15 is 0 Å². The van der Waals surface area contributed by atoms with Gasteiger partial charge in [-0.05, 0) is 12.1 Å². The fraction of sp³-hybridized carbons (Fsp3) is 0.417. The third-order valence-corrected chi connectivity index (χ3v) is 3.09. The maximum atomic E-state index is 11.3. The topological polar surface area (TPSA) is 60.4 Å². The third-order valence-electron chi connectivity index (χ3n) is 2.14. The number of Topliss-reactive ketones (excluding diaryl/α,β-unsaturated/α-hetero) is 1. The molecular formula is C12H16O4S. The van der Waals surface area contributed by atoms with Gasteiger partial charge in [0.25, 0.3) is 0 Å². The normalized spacial score (nSPS) is 11.1. The van der Waals surface area contributed by atoms with Gasteiger partial charge in [-0.1, -0.05) is 18.2 Å². The highest BCUT2D eigenvalue weighted by Crippen LogP contribution is 2.08. The zero-order valence-corrected chi connectivity index (χ0v) is 10.6. The van der Waals surface area contributed by atoms with E-state index in [0.29, 0.717) is 5.75 Å². The van der Waals surface area contributed by atoms with Gasteiger partial charge in [-0.25, -0.2) is 8.42 Å². The summed E-state index contributed by atoms with van der Waals surface area (Å²) in [6, 6.07) is 9.19. The van der Waals surface area contributed by atoms with E-state index in [4.69, 9.17) is 4.74 Å². The Bertz CT molecular complexity index is 451. The van der Waals surface area contributed by atoms with Crippen molar-refractivity contribution in [2.24, 2.45) is 0 Å². The molecule has 0 spiro atoms. The lowest BCUT2D eigenvalue weighted by Gasteiger charge is -2.04. The van der Waals surface area contributed by atoms with Gasteiger partial charge in [-0.2, -0.15) is 0 Å². The molecule has 0 aliphatic carbocycles. The molecule has 0 bridgehead atoms. The molecule has 1 aromatic rings. The predicted octanol–water partition coefficient (Wildman–Crippen LogP) is 1.46. The van der Waals surface area contributed by atoms with E-state index in [1.54, 1.807) is 12.1 Å². The minimum Gasteiger partial charge on any atom is -0.493 e. The van der Waals surface area contributed by atoms with Crippen molar-refractivity contribution >= 4 is 15.6 Å². The fourth-order valence-corrected chi connectivity index (χ4v) is 1.82. The molecule has 5 heteroatoms. The summed E-state index contributed by atoms with van der Waals surface area (Å²) in [5, 5.41) is 0. The average molecular weight is 256 g/mol. The van der Waals surface area contributed by atoms with E-state index in [9.17, 15) is 13.2 Å². The van der Waals surface area contributed by atoms with Crippen LogP contribution in [0.15, 0.2) is 30.3 Å². The number of rotatable bonds is 7. The van der Waals surface area contributed by atoms with E-state index in [2.05, 4.69) is 0 Å². The Hall–Kier alpha value is -1.36. The van der Waals surface area contributed by atoms with E-state index < -0.39 is 9.84 Å². The van der Waals surface area contributed by atoms with Crippen molar-refractivity contribution in [2.45, 2.75) is 12.8 Å². The van der Waals surface area contributed by atoms with E-state index in [-0.39, 0.29) is 31.0 Å². The van der Waals surface area contributed by atoms with Gasteiger partial charge in [0.1, 0.15) is 21.4 Å². The largest absolute Gasteiger partial charge is 0.493 e. The van der Waals surface area contributed by atoms with Crippen molar-refractivity contribution in [1.82, 2.24) is 0 Å². The predicted molar refractivity (Wildman–Crippen MR) is 65.9 cm³/mol.